The number of hydrogen-bond acceptors (Lipinski definition) is 4. The van der Waals surface area contributed by atoms with Crippen LogP contribution < -0.4 is 15.4 Å². The lowest BCUT2D eigenvalue weighted by molar-refractivity contribution is -0.120. The summed E-state index contributed by atoms with van der Waals surface area (Å²) in [6, 6.07) is 7.40. The molecule has 0 aliphatic carbocycles. The number of carbonyl (C=O) groups is 1. The second-order valence-corrected chi connectivity index (χ2v) is 3.70. The number of nitrogens with zero attached hydrogens (tertiary/aromatic N) is 1. The number of nitriles is 1. The van der Waals surface area contributed by atoms with Crippen molar-refractivity contribution in [3.63, 3.8) is 0 Å². The Morgan fingerprint density at radius 2 is 2.28 bits per heavy atom. The van der Waals surface area contributed by atoms with Crippen molar-refractivity contribution >= 4 is 5.91 Å². The van der Waals surface area contributed by atoms with Crippen molar-refractivity contribution in [1.82, 2.24) is 10.6 Å². The van der Waals surface area contributed by atoms with E-state index in [-0.39, 0.29) is 12.5 Å². The van der Waals surface area contributed by atoms with Crippen molar-refractivity contribution in [2.75, 3.05) is 20.2 Å². The van der Waals surface area contributed by atoms with Gasteiger partial charge in [0.2, 0.25) is 5.91 Å². The fraction of sp³-hybridized carbons (Fsp3) is 0.385. The highest BCUT2D eigenvalue weighted by atomic mass is 16.5. The minimum absolute atomic E-state index is 0.0295. The highest BCUT2D eigenvalue weighted by Crippen LogP contribution is 2.18. The van der Waals surface area contributed by atoms with Crippen LogP contribution in [0.2, 0.25) is 0 Å². The molecular formula is C13H17N3O2. The summed E-state index contributed by atoms with van der Waals surface area (Å²) in [5.41, 5.74) is 1.47. The minimum atomic E-state index is -0.0295. The van der Waals surface area contributed by atoms with Gasteiger partial charge in [0.1, 0.15) is 11.8 Å². The third kappa shape index (κ3) is 4.07. The van der Waals surface area contributed by atoms with Crippen LogP contribution in [0, 0.1) is 11.3 Å². The van der Waals surface area contributed by atoms with E-state index in [1.807, 2.05) is 13.0 Å². The molecule has 0 atom stereocenters. The first-order chi connectivity index (χ1) is 8.71. The Labute approximate surface area is 107 Å². The van der Waals surface area contributed by atoms with Crippen LogP contribution in [0.3, 0.4) is 0 Å². The van der Waals surface area contributed by atoms with E-state index in [1.54, 1.807) is 12.1 Å². The van der Waals surface area contributed by atoms with Crippen LogP contribution in [-0.2, 0) is 11.3 Å². The molecule has 18 heavy (non-hydrogen) atoms. The van der Waals surface area contributed by atoms with Gasteiger partial charge in [-0.1, -0.05) is 6.07 Å². The number of amides is 1. The zero-order valence-electron chi connectivity index (χ0n) is 10.6. The fourth-order valence-electron chi connectivity index (χ4n) is 1.52. The molecule has 96 valence electrons. The summed E-state index contributed by atoms with van der Waals surface area (Å²) < 4.78 is 5.11. The average molecular weight is 247 g/mol. The molecule has 0 unspecified atom stereocenters. The lowest BCUT2D eigenvalue weighted by Crippen LogP contribution is -2.33. The van der Waals surface area contributed by atoms with Gasteiger partial charge in [0, 0.05) is 13.1 Å². The number of methoxy groups -OCH3 is 1. The molecule has 0 heterocycles. The maximum atomic E-state index is 11.2. The topological polar surface area (TPSA) is 74.2 Å². The number of hydrogen-bond donors (Lipinski definition) is 2. The largest absolute Gasteiger partial charge is 0.495 e. The van der Waals surface area contributed by atoms with Crippen molar-refractivity contribution in [2.24, 2.45) is 0 Å². The first kappa shape index (κ1) is 14.0. The molecule has 1 amide bonds. The maximum absolute atomic E-state index is 11.2. The van der Waals surface area contributed by atoms with Gasteiger partial charge in [-0.3, -0.25) is 4.79 Å². The van der Waals surface area contributed by atoms with Crippen LogP contribution in [-0.4, -0.2) is 26.1 Å². The highest BCUT2D eigenvalue weighted by Gasteiger charge is 2.04. The molecule has 2 N–H and O–H groups in total. The summed E-state index contributed by atoms with van der Waals surface area (Å²) in [5, 5.41) is 14.6. The number of rotatable bonds is 6. The van der Waals surface area contributed by atoms with Crippen LogP contribution in [0.15, 0.2) is 18.2 Å². The Kier molecular flexibility index (Phi) is 5.68. The SMILES string of the molecule is CCNC(=O)CNCc1ccc(C#N)c(OC)c1. The first-order valence-corrected chi connectivity index (χ1v) is 5.75. The molecule has 0 saturated carbocycles. The molecule has 1 aromatic rings. The van der Waals surface area contributed by atoms with Gasteiger partial charge in [-0.2, -0.15) is 5.26 Å². The smallest absolute Gasteiger partial charge is 0.233 e. The van der Waals surface area contributed by atoms with Crippen molar-refractivity contribution in [3.05, 3.63) is 29.3 Å². The molecule has 0 aromatic heterocycles. The molecule has 1 rings (SSSR count). The molecule has 5 heteroatoms. The number of likely N-dealkylation sites (N-methyl/N-ethyl adjacent to an activating group) is 1. The quantitative estimate of drug-likeness (QED) is 0.779. The second kappa shape index (κ2) is 7.30. The van der Waals surface area contributed by atoms with E-state index in [0.717, 1.165) is 5.56 Å². The predicted molar refractivity (Wildman–Crippen MR) is 68.1 cm³/mol. The van der Waals surface area contributed by atoms with Gasteiger partial charge in [0.05, 0.1) is 19.2 Å². The number of nitrogens with one attached hydrogen (secondary N) is 2. The van der Waals surface area contributed by atoms with Gasteiger partial charge in [0.25, 0.3) is 0 Å². The standard InChI is InChI=1S/C13H17N3O2/c1-3-16-13(17)9-15-8-10-4-5-11(7-14)12(6-10)18-2/h4-6,15H,3,8-9H2,1-2H3,(H,16,17). The molecule has 0 fully saturated rings. The van der Waals surface area contributed by atoms with Gasteiger partial charge in [-0.15, -0.1) is 0 Å². The van der Waals surface area contributed by atoms with Crippen molar-refractivity contribution in [2.45, 2.75) is 13.5 Å². The van der Waals surface area contributed by atoms with Gasteiger partial charge >= 0.3 is 0 Å². The summed E-state index contributed by atoms with van der Waals surface area (Å²) >= 11 is 0. The first-order valence-electron chi connectivity index (χ1n) is 5.75. The molecule has 0 aliphatic rings. The molecule has 0 aliphatic heterocycles. The van der Waals surface area contributed by atoms with Crippen LogP contribution in [0.4, 0.5) is 0 Å². The lowest BCUT2D eigenvalue weighted by Gasteiger charge is -2.08. The van der Waals surface area contributed by atoms with Crippen LogP contribution >= 0.6 is 0 Å². The van der Waals surface area contributed by atoms with E-state index >= 15 is 0 Å². The van der Waals surface area contributed by atoms with Gasteiger partial charge in [0.15, 0.2) is 0 Å². The van der Waals surface area contributed by atoms with E-state index in [1.165, 1.54) is 7.11 Å². The van der Waals surface area contributed by atoms with E-state index in [0.29, 0.717) is 24.4 Å². The Morgan fingerprint density at radius 3 is 2.89 bits per heavy atom. The van der Waals surface area contributed by atoms with Crippen molar-refractivity contribution < 1.29 is 9.53 Å². The van der Waals surface area contributed by atoms with Crippen LogP contribution in [0.25, 0.3) is 0 Å². The zero-order chi connectivity index (χ0) is 13.4. The molecular weight excluding hydrogens is 230 g/mol. The van der Waals surface area contributed by atoms with E-state index in [2.05, 4.69) is 16.7 Å². The Hall–Kier alpha value is -2.06. The average Bonchev–Trinajstić information content (AvgIpc) is 2.38. The molecule has 0 spiro atoms. The summed E-state index contributed by atoms with van der Waals surface area (Å²) in [4.78, 5) is 11.2. The summed E-state index contributed by atoms with van der Waals surface area (Å²) in [6.45, 7) is 3.34. The van der Waals surface area contributed by atoms with E-state index in [4.69, 9.17) is 10.00 Å². The van der Waals surface area contributed by atoms with E-state index in [9.17, 15) is 4.79 Å². The Bertz CT molecular complexity index is 452. The third-order valence-corrected chi connectivity index (χ3v) is 2.38. The molecule has 0 radical (unpaired) electrons. The minimum Gasteiger partial charge on any atom is -0.495 e. The van der Waals surface area contributed by atoms with Crippen LogP contribution in [0.5, 0.6) is 5.75 Å². The molecule has 1 aromatic carbocycles. The third-order valence-electron chi connectivity index (χ3n) is 2.38. The van der Waals surface area contributed by atoms with Gasteiger partial charge in [-0.25, -0.2) is 0 Å². The van der Waals surface area contributed by atoms with Crippen LogP contribution in [0.1, 0.15) is 18.1 Å². The monoisotopic (exact) mass is 247 g/mol. The molecule has 0 bridgehead atoms. The highest BCUT2D eigenvalue weighted by molar-refractivity contribution is 5.77. The lowest BCUT2D eigenvalue weighted by atomic mass is 10.1. The van der Waals surface area contributed by atoms with E-state index < -0.39 is 0 Å². The Morgan fingerprint density at radius 1 is 1.50 bits per heavy atom. The predicted octanol–water partition coefficient (Wildman–Crippen LogP) is 0.793. The number of carbonyl (C=O) groups excluding carboxylic acids is 1. The zero-order valence-corrected chi connectivity index (χ0v) is 10.6. The summed E-state index contributed by atoms with van der Waals surface area (Å²) in [5.74, 6) is 0.521. The second-order valence-electron chi connectivity index (χ2n) is 3.70. The maximum Gasteiger partial charge on any atom is 0.233 e. The Balaban J connectivity index is 2.53. The van der Waals surface area contributed by atoms with Gasteiger partial charge in [-0.05, 0) is 24.6 Å². The van der Waals surface area contributed by atoms with Crippen molar-refractivity contribution in [1.29, 1.82) is 5.26 Å². The van der Waals surface area contributed by atoms with Gasteiger partial charge < -0.3 is 15.4 Å². The number of ether oxygens (including phenoxy) is 1. The normalized spacial score (nSPS) is 9.61. The van der Waals surface area contributed by atoms with Crippen molar-refractivity contribution in [3.8, 4) is 11.8 Å². The summed E-state index contributed by atoms with van der Waals surface area (Å²) in [7, 11) is 1.53. The fourth-order valence-corrected chi connectivity index (χ4v) is 1.52. The number of benzene rings is 1. The summed E-state index contributed by atoms with van der Waals surface area (Å²) in [6.07, 6.45) is 0. The molecule has 5 nitrogen and oxygen atoms in total. The molecule has 0 saturated heterocycles.